The fourth-order valence-corrected chi connectivity index (χ4v) is 2.42. The Bertz CT molecular complexity index is 528. The second-order valence-electron chi connectivity index (χ2n) is 3.86. The third-order valence-electron chi connectivity index (χ3n) is 2.62. The lowest BCUT2D eigenvalue weighted by molar-refractivity contribution is 0.787. The number of anilines is 2. The summed E-state index contributed by atoms with van der Waals surface area (Å²) in [5.74, 6) is 0.895. The Morgan fingerprint density at radius 3 is 2.37 bits per heavy atom. The molecule has 5 nitrogen and oxygen atoms in total. The molecule has 0 aliphatic heterocycles. The summed E-state index contributed by atoms with van der Waals surface area (Å²) in [7, 11) is 0. The second-order valence-corrected chi connectivity index (χ2v) is 4.90. The zero-order valence-corrected chi connectivity index (χ0v) is 11.9. The van der Waals surface area contributed by atoms with Crippen LogP contribution < -0.4 is 10.6 Å². The summed E-state index contributed by atoms with van der Waals surface area (Å²) in [6.07, 6.45) is 0. The summed E-state index contributed by atoms with van der Waals surface area (Å²) in [5, 5.41) is 0.626. The van der Waals surface area contributed by atoms with Crippen LogP contribution >= 0.6 is 11.8 Å². The summed E-state index contributed by atoms with van der Waals surface area (Å²) < 4.78 is 0. The zero-order valence-electron chi connectivity index (χ0n) is 11.1. The number of nitrogens with zero attached hydrogens (tertiary/aromatic N) is 4. The van der Waals surface area contributed by atoms with Crippen molar-refractivity contribution in [1.29, 1.82) is 0 Å². The summed E-state index contributed by atoms with van der Waals surface area (Å²) in [6.45, 7) is 5.81. The van der Waals surface area contributed by atoms with Gasteiger partial charge in [0.2, 0.25) is 11.9 Å². The Balaban J connectivity index is 2.26. The van der Waals surface area contributed by atoms with E-state index in [2.05, 4.69) is 28.8 Å². The molecule has 19 heavy (non-hydrogen) atoms. The fourth-order valence-electron chi connectivity index (χ4n) is 1.65. The van der Waals surface area contributed by atoms with Crippen molar-refractivity contribution in [2.45, 2.75) is 23.9 Å². The van der Waals surface area contributed by atoms with E-state index in [4.69, 9.17) is 5.73 Å². The Hall–Kier alpha value is -1.82. The van der Waals surface area contributed by atoms with Gasteiger partial charge < -0.3 is 10.6 Å². The summed E-state index contributed by atoms with van der Waals surface area (Å²) in [5.41, 5.74) is 5.76. The lowest BCUT2D eigenvalue weighted by Gasteiger charge is -2.18. The van der Waals surface area contributed by atoms with Gasteiger partial charge in [-0.2, -0.15) is 15.0 Å². The molecule has 6 heteroatoms. The number of rotatable bonds is 5. The normalized spacial score (nSPS) is 10.4. The van der Waals surface area contributed by atoms with Crippen LogP contribution in [0.2, 0.25) is 0 Å². The molecule has 0 saturated carbocycles. The van der Waals surface area contributed by atoms with Gasteiger partial charge in [0.15, 0.2) is 5.16 Å². The highest BCUT2D eigenvalue weighted by atomic mass is 32.2. The third kappa shape index (κ3) is 3.57. The minimum absolute atomic E-state index is 0.260. The Kier molecular flexibility index (Phi) is 4.57. The zero-order chi connectivity index (χ0) is 13.7. The van der Waals surface area contributed by atoms with Crippen molar-refractivity contribution in [1.82, 2.24) is 15.0 Å². The molecule has 1 aromatic heterocycles. The molecule has 0 saturated heterocycles. The SMILES string of the molecule is CCN(CC)c1nc(N)nc(Sc2ccccc2)n1. The standard InChI is InChI=1S/C13H17N5S/c1-3-18(4-2)12-15-11(14)16-13(17-12)19-10-8-6-5-7-9-10/h5-9H,3-4H2,1-2H3,(H2,14,15,16,17). The number of nitrogen functional groups attached to an aromatic ring is 1. The van der Waals surface area contributed by atoms with Crippen LogP contribution in [0.5, 0.6) is 0 Å². The van der Waals surface area contributed by atoms with Gasteiger partial charge in [0.05, 0.1) is 0 Å². The van der Waals surface area contributed by atoms with Crippen molar-refractivity contribution in [2.75, 3.05) is 23.7 Å². The molecular formula is C13H17N5S. The average molecular weight is 275 g/mol. The largest absolute Gasteiger partial charge is 0.368 e. The molecule has 0 atom stereocenters. The van der Waals surface area contributed by atoms with Gasteiger partial charge in [-0.15, -0.1) is 0 Å². The minimum Gasteiger partial charge on any atom is -0.368 e. The molecule has 0 bridgehead atoms. The van der Waals surface area contributed by atoms with Gasteiger partial charge in [-0.3, -0.25) is 0 Å². The summed E-state index contributed by atoms with van der Waals surface area (Å²) in [4.78, 5) is 15.9. The Labute approximate surface area is 117 Å². The van der Waals surface area contributed by atoms with Gasteiger partial charge in [-0.1, -0.05) is 18.2 Å². The molecule has 0 fully saturated rings. The molecule has 2 N–H and O–H groups in total. The molecule has 0 amide bonds. The van der Waals surface area contributed by atoms with Gasteiger partial charge >= 0.3 is 0 Å². The maximum atomic E-state index is 5.76. The predicted octanol–water partition coefficient (Wildman–Crippen LogP) is 2.45. The van der Waals surface area contributed by atoms with Crippen molar-refractivity contribution in [3.63, 3.8) is 0 Å². The minimum atomic E-state index is 0.260. The molecule has 1 aromatic carbocycles. The van der Waals surface area contributed by atoms with Crippen LogP contribution in [0.15, 0.2) is 40.4 Å². The topological polar surface area (TPSA) is 67.9 Å². The van der Waals surface area contributed by atoms with Crippen LogP contribution in [0.25, 0.3) is 0 Å². The van der Waals surface area contributed by atoms with Gasteiger partial charge in [0.1, 0.15) is 0 Å². The molecule has 0 aliphatic carbocycles. The lowest BCUT2D eigenvalue weighted by Crippen LogP contribution is -2.25. The first-order chi connectivity index (χ1) is 9.22. The van der Waals surface area contributed by atoms with E-state index in [1.54, 1.807) is 0 Å². The van der Waals surface area contributed by atoms with Crippen LogP contribution in [-0.2, 0) is 0 Å². The highest BCUT2D eigenvalue weighted by Crippen LogP contribution is 2.25. The van der Waals surface area contributed by atoms with Crippen LogP contribution in [0.1, 0.15) is 13.8 Å². The van der Waals surface area contributed by atoms with E-state index < -0.39 is 0 Å². The first-order valence-corrected chi connectivity index (χ1v) is 7.04. The Morgan fingerprint density at radius 2 is 1.74 bits per heavy atom. The Morgan fingerprint density at radius 1 is 1.05 bits per heavy atom. The van der Waals surface area contributed by atoms with E-state index in [-0.39, 0.29) is 5.95 Å². The predicted molar refractivity (Wildman–Crippen MR) is 78.4 cm³/mol. The van der Waals surface area contributed by atoms with Crippen molar-refractivity contribution >= 4 is 23.7 Å². The van der Waals surface area contributed by atoms with E-state index in [9.17, 15) is 0 Å². The number of aromatic nitrogens is 3. The molecular weight excluding hydrogens is 258 g/mol. The van der Waals surface area contributed by atoms with Gasteiger partial charge in [0.25, 0.3) is 0 Å². The fraction of sp³-hybridized carbons (Fsp3) is 0.308. The molecule has 0 aliphatic rings. The molecule has 0 spiro atoms. The molecule has 2 aromatic rings. The van der Waals surface area contributed by atoms with Gasteiger partial charge in [0, 0.05) is 18.0 Å². The molecule has 2 rings (SSSR count). The number of hydrogen-bond donors (Lipinski definition) is 1. The summed E-state index contributed by atoms with van der Waals surface area (Å²) >= 11 is 1.49. The third-order valence-corrected chi connectivity index (χ3v) is 3.49. The lowest BCUT2D eigenvalue weighted by atomic mass is 10.4. The van der Waals surface area contributed by atoms with Gasteiger partial charge in [-0.25, -0.2) is 0 Å². The quantitative estimate of drug-likeness (QED) is 0.904. The first kappa shape index (κ1) is 13.6. The van der Waals surface area contributed by atoms with Crippen molar-refractivity contribution in [3.05, 3.63) is 30.3 Å². The highest BCUT2D eigenvalue weighted by molar-refractivity contribution is 7.99. The smallest absolute Gasteiger partial charge is 0.231 e. The van der Waals surface area contributed by atoms with E-state index in [0.29, 0.717) is 11.1 Å². The van der Waals surface area contributed by atoms with E-state index in [1.807, 2.05) is 35.2 Å². The molecule has 1 heterocycles. The number of hydrogen-bond acceptors (Lipinski definition) is 6. The van der Waals surface area contributed by atoms with E-state index in [0.717, 1.165) is 18.0 Å². The maximum absolute atomic E-state index is 5.76. The van der Waals surface area contributed by atoms with Gasteiger partial charge in [-0.05, 0) is 37.7 Å². The average Bonchev–Trinajstić information content (AvgIpc) is 2.40. The maximum Gasteiger partial charge on any atom is 0.231 e. The first-order valence-electron chi connectivity index (χ1n) is 6.22. The number of nitrogens with two attached hydrogens (primary N) is 1. The highest BCUT2D eigenvalue weighted by Gasteiger charge is 2.10. The monoisotopic (exact) mass is 275 g/mol. The van der Waals surface area contributed by atoms with Crippen LogP contribution in [0, 0.1) is 0 Å². The van der Waals surface area contributed by atoms with Crippen molar-refractivity contribution < 1.29 is 0 Å². The second kappa shape index (κ2) is 6.38. The number of benzene rings is 1. The van der Waals surface area contributed by atoms with Crippen LogP contribution in [-0.4, -0.2) is 28.0 Å². The molecule has 0 radical (unpaired) electrons. The molecule has 0 unspecified atom stereocenters. The van der Waals surface area contributed by atoms with E-state index in [1.165, 1.54) is 11.8 Å². The van der Waals surface area contributed by atoms with Crippen LogP contribution in [0.4, 0.5) is 11.9 Å². The van der Waals surface area contributed by atoms with Crippen LogP contribution in [0.3, 0.4) is 0 Å². The van der Waals surface area contributed by atoms with Crippen molar-refractivity contribution in [2.24, 2.45) is 0 Å². The summed E-state index contributed by atoms with van der Waals surface area (Å²) in [6, 6.07) is 9.98. The molecule has 100 valence electrons. The van der Waals surface area contributed by atoms with Crippen molar-refractivity contribution in [3.8, 4) is 0 Å². The van der Waals surface area contributed by atoms with E-state index >= 15 is 0 Å².